The molecule has 1 aliphatic rings. The minimum Gasteiger partial charge on any atom is -0.481 e. The fourth-order valence-electron chi connectivity index (χ4n) is 2.52. The van der Waals surface area contributed by atoms with Gasteiger partial charge in [0, 0.05) is 30.6 Å². The first-order valence-corrected chi connectivity index (χ1v) is 6.53. The number of aryl methyl sites for hydroxylation is 1. The highest BCUT2D eigenvalue weighted by atomic mass is 16.5. The van der Waals surface area contributed by atoms with Crippen LogP contribution in [0.4, 0.5) is 11.5 Å². The maximum absolute atomic E-state index is 5.94. The van der Waals surface area contributed by atoms with Crippen molar-refractivity contribution in [2.24, 2.45) is 0 Å². The Balaban J connectivity index is 1.90. The number of nitrogens with two attached hydrogens (primary N) is 1. The van der Waals surface area contributed by atoms with E-state index in [1.165, 1.54) is 6.33 Å². The third kappa shape index (κ3) is 2.13. The average Bonchev–Trinajstić information content (AvgIpc) is 2.47. The van der Waals surface area contributed by atoms with Gasteiger partial charge in [-0.25, -0.2) is 15.0 Å². The van der Waals surface area contributed by atoms with Crippen LogP contribution in [-0.4, -0.2) is 28.6 Å². The Labute approximate surface area is 117 Å². The van der Waals surface area contributed by atoms with E-state index in [4.69, 9.17) is 10.5 Å². The van der Waals surface area contributed by atoms with E-state index >= 15 is 0 Å². The largest absolute Gasteiger partial charge is 0.481 e. The number of hydrogen-bond donors (Lipinski definition) is 1. The van der Waals surface area contributed by atoms with Gasteiger partial charge in [-0.15, -0.1) is 0 Å². The molecule has 0 unspecified atom stereocenters. The number of rotatable bonds is 2. The van der Waals surface area contributed by atoms with Crippen molar-refractivity contribution in [1.82, 2.24) is 15.0 Å². The van der Waals surface area contributed by atoms with Crippen LogP contribution < -0.4 is 15.4 Å². The molecule has 0 fully saturated rings. The van der Waals surface area contributed by atoms with Crippen molar-refractivity contribution in [3.8, 4) is 5.88 Å². The Hall–Kier alpha value is -2.37. The lowest BCUT2D eigenvalue weighted by molar-refractivity contribution is 0.394. The Kier molecular flexibility index (Phi) is 3.14. The average molecular weight is 271 g/mol. The predicted molar refractivity (Wildman–Crippen MR) is 76.7 cm³/mol. The van der Waals surface area contributed by atoms with Crippen LogP contribution in [0.1, 0.15) is 16.8 Å². The monoisotopic (exact) mass is 271 g/mol. The van der Waals surface area contributed by atoms with Gasteiger partial charge >= 0.3 is 0 Å². The summed E-state index contributed by atoms with van der Waals surface area (Å²) in [6, 6.07) is 2.08. The second kappa shape index (κ2) is 4.96. The number of anilines is 2. The van der Waals surface area contributed by atoms with Gasteiger partial charge in [0.15, 0.2) is 0 Å². The first-order chi connectivity index (χ1) is 9.69. The number of aromatic nitrogens is 3. The van der Waals surface area contributed by atoms with Crippen molar-refractivity contribution < 1.29 is 4.74 Å². The summed E-state index contributed by atoms with van der Waals surface area (Å²) in [5.41, 5.74) is 10.1. The maximum Gasteiger partial charge on any atom is 0.216 e. The van der Waals surface area contributed by atoms with Crippen LogP contribution in [0.25, 0.3) is 0 Å². The molecule has 2 aromatic heterocycles. The lowest BCUT2D eigenvalue weighted by Gasteiger charge is -2.30. The molecule has 2 N–H and O–H groups in total. The van der Waals surface area contributed by atoms with Crippen molar-refractivity contribution in [1.29, 1.82) is 0 Å². The normalized spacial score (nSPS) is 14.0. The zero-order chi connectivity index (χ0) is 14.1. The van der Waals surface area contributed by atoms with Gasteiger partial charge in [0.25, 0.3) is 0 Å². The molecule has 0 saturated heterocycles. The molecule has 0 amide bonds. The molecule has 0 radical (unpaired) electrons. The van der Waals surface area contributed by atoms with E-state index in [2.05, 4.69) is 25.9 Å². The van der Waals surface area contributed by atoms with Crippen LogP contribution in [0.2, 0.25) is 0 Å². The lowest BCUT2D eigenvalue weighted by atomic mass is 10.1. The zero-order valence-electron chi connectivity index (χ0n) is 11.6. The van der Waals surface area contributed by atoms with Crippen molar-refractivity contribution in [3.63, 3.8) is 0 Å². The molecule has 20 heavy (non-hydrogen) atoms. The van der Waals surface area contributed by atoms with E-state index in [1.54, 1.807) is 7.11 Å². The third-order valence-electron chi connectivity index (χ3n) is 3.61. The lowest BCUT2D eigenvalue weighted by Crippen LogP contribution is -2.32. The van der Waals surface area contributed by atoms with Crippen molar-refractivity contribution >= 4 is 11.5 Å². The predicted octanol–water partition coefficient (Wildman–Crippen LogP) is 1.33. The number of ether oxygens (including phenoxy) is 1. The van der Waals surface area contributed by atoms with Crippen LogP contribution in [-0.2, 0) is 13.0 Å². The number of hydrogen-bond acceptors (Lipinski definition) is 6. The minimum atomic E-state index is 0.567. The molecule has 0 spiro atoms. The molecule has 6 heteroatoms. The quantitative estimate of drug-likeness (QED) is 0.888. The molecule has 0 aliphatic carbocycles. The molecule has 2 aromatic rings. The van der Waals surface area contributed by atoms with Crippen molar-refractivity contribution in [2.45, 2.75) is 19.9 Å². The number of nitrogens with zero attached hydrogens (tertiary/aromatic N) is 4. The molecular weight excluding hydrogens is 254 g/mol. The number of nitrogen functional groups attached to an aromatic ring is 1. The zero-order valence-corrected chi connectivity index (χ0v) is 11.6. The Morgan fingerprint density at radius 2 is 2.15 bits per heavy atom. The molecule has 0 aromatic carbocycles. The van der Waals surface area contributed by atoms with E-state index < -0.39 is 0 Å². The van der Waals surface area contributed by atoms with Crippen molar-refractivity contribution in [2.75, 3.05) is 24.3 Å². The van der Waals surface area contributed by atoms with Gasteiger partial charge in [-0.1, -0.05) is 0 Å². The fourth-order valence-corrected chi connectivity index (χ4v) is 2.52. The summed E-state index contributed by atoms with van der Waals surface area (Å²) in [6.45, 7) is 3.61. The van der Waals surface area contributed by atoms with E-state index in [9.17, 15) is 0 Å². The summed E-state index contributed by atoms with van der Waals surface area (Å²) < 4.78 is 5.19. The third-order valence-corrected chi connectivity index (χ3v) is 3.61. The molecule has 0 saturated carbocycles. The summed E-state index contributed by atoms with van der Waals surface area (Å²) in [4.78, 5) is 14.9. The molecule has 0 bridgehead atoms. The minimum absolute atomic E-state index is 0.567. The fraction of sp³-hybridized carbons (Fsp3) is 0.357. The highest BCUT2D eigenvalue weighted by molar-refractivity contribution is 5.53. The second-order valence-corrected chi connectivity index (χ2v) is 4.88. The highest BCUT2D eigenvalue weighted by Gasteiger charge is 2.20. The standard InChI is InChI=1S/C14H17N5O/c1-9-5-10(6-16-14(9)20-2)19-4-3-12-11(7-19)13(15)18-8-17-12/h5-6,8H,3-4,7H2,1-2H3,(H2,15,17,18). The van der Waals surface area contributed by atoms with Gasteiger partial charge < -0.3 is 15.4 Å². The first kappa shape index (κ1) is 12.7. The SMILES string of the molecule is COc1ncc(N2CCc3ncnc(N)c3C2)cc1C. The van der Waals surface area contributed by atoms with Gasteiger partial charge in [0.2, 0.25) is 5.88 Å². The molecule has 6 nitrogen and oxygen atoms in total. The van der Waals surface area contributed by atoms with E-state index in [0.717, 1.165) is 42.0 Å². The molecule has 3 rings (SSSR count). The summed E-state index contributed by atoms with van der Waals surface area (Å²) in [5, 5.41) is 0. The van der Waals surface area contributed by atoms with E-state index in [-0.39, 0.29) is 0 Å². The molecule has 3 heterocycles. The topological polar surface area (TPSA) is 77.2 Å². The van der Waals surface area contributed by atoms with Crippen molar-refractivity contribution in [3.05, 3.63) is 35.4 Å². The summed E-state index contributed by atoms with van der Waals surface area (Å²) in [7, 11) is 1.63. The Morgan fingerprint density at radius 1 is 1.30 bits per heavy atom. The Bertz CT molecular complexity index is 643. The molecule has 1 aliphatic heterocycles. The van der Waals surface area contributed by atoms with Gasteiger partial charge in [0.05, 0.1) is 24.7 Å². The molecule has 0 atom stereocenters. The number of fused-ring (bicyclic) bond motifs is 1. The number of pyridine rings is 1. The Morgan fingerprint density at radius 3 is 2.90 bits per heavy atom. The van der Waals surface area contributed by atoms with Crippen LogP contribution in [0.3, 0.4) is 0 Å². The van der Waals surface area contributed by atoms with Crippen LogP contribution >= 0.6 is 0 Å². The van der Waals surface area contributed by atoms with Crippen LogP contribution in [0.15, 0.2) is 18.6 Å². The maximum atomic E-state index is 5.94. The molecular formula is C14H17N5O. The van der Waals surface area contributed by atoms with E-state index in [1.807, 2.05) is 13.1 Å². The number of methoxy groups -OCH3 is 1. The van der Waals surface area contributed by atoms with Gasteiger partial charge in [-0.05, 0) is 13.0 Å². The van der Waals surface area contributed by atoms with Gasteiger partial charge in [-0.3, -0.25) is 0 Å². The molecule has 104 valence electrons. The van der Waals surface area contributed by atoms with Gasteiger partial charge in [-0.2, -0.15) is 0 Å². The van der Waals surface area contributed by atoms with Crippen LogP contribution in [0, 0.1) is 6.92 Å². The smallest absolute Gasteiger partial charge is 0.216 e. The van der Waals surface area contributed by atoms with Crippen LogP contribution in [0.5, 0.6) is 5.88 Å². The first-order valence-electron chi connectivity index (χ1n) is 6.53. The van der Waals surface area contributed by atoms with Gasteiger partial charge in [0.1, 0.15) is 12.1 Å². The highest BCUT2D eigenvalue weighted by Crippen LogP contribution is 2.27. The summed E-state index contributed by atoms with van der Waals surface area (Å²) in [5.74, 6) is 1.23. The summed E-state index contributed by atoms with van der Waals surface area (Å²) in [6.07, 6.45) is 4.23. The summed E-state index contributed by atoms with van der Waals surface area (Å²) >= 11 is 0. The second-order valence-electron chi connectivity index (χ2n) is 4.88. The van der Waals surface area contributed by atoms with E-state index in [0.29, 0.717) is 11.7 Å².